The number of amides is 3. The summed E-state index contributed by atoms with van der Waals surface area (Å²) in [6.45, 7) is 1.91. The molecule has 20 heavy (non-hydrogen) atoms. The second-order valence-corrected chi connectivity index (χ2v) is 4.27. The maximum atomic E-state index is 11.6. The summed E-state index contributed by atoms with van der Waals surface area (Å²) < 4.78 is 1.57. The van der Waals surface area contributed by atoms with Crippen LogP contribution in [0.5, 0.6) is 0 Å². The van der Waals surface area contributed by atoms with Crippen molar-refractivity contribution in [1.29, 1.82) is 0 Å². The standard InChI is InChI=1S/C12H18N4O4/c1-3-8-9(7-16(2)15-8)13-12(20)14-10(17)5-4-6-11(18)19/h7H,3-6H2,1-2H3,(H,18,19)(H2,13,14,17,20). The first-order chi connectivity index (χ1) is 9.42. The number of urea groups is 1. The molecule has 0 saturated heterocycles. The lowest BCUT2D eigenvalue weighted by atomic mass is 10.2. The summed E-state index contributed by atoms with van der Waals surface area (Å²) in [6.07, 6.45) is 2.39. The molecule has 0 unspecified atom stereocenters. The lowest BCUT2D eigenvalue weighted by Crippen LogP contribution is -2.34. The van der Waals surface area contributed by atoms with Crippen molar-refractivity contribution in [2.45, 2.75) is 32.6 Å². The van der Waals surface area contributed by atoms with E-state index in [4.69, 9.17) is 5.11 Å². The molecule has 0 atom stereocenters. The highest BCUT2D eigenvalue weighted by molar-refractivity contribution is 6.01. The Hall–Kier alpha value is -2.38. The third-order valence-corrected chi connectivity index (χ3v) is 2.54. The van der Waals surface area contributed by atoms with Gasteiger partial charge in [0.1, 0.15) is 0 Å². The Bertz CT molecular complexity index is 510. The number of aliphatic carboxylic acids is 1. The van der Waals surface area contributed by atoms with Crippen molar-refractivity contribution in [3.8, 4) is 0 Å². The number of hydrogen-bond acceptors (Lipinski definition) is 4. The average Bonchev–Trinajstić information content (AvgIpc) is 2.68. The molecule has 8 heteroatoms. The molecule has 0 aromatic carbocycles. The number of imide groups is 1. The van der Waals surface area contributed by atoms with E-state index in [1.807, 2.05) is 6.92 Å². The minimum Gasteiger partial charge on any atom is -0.481 e. The predicted octanol–water partition coefficient (Wildman–Crippen LogP) is 0.885. The molecule has 0 aliphatic rings. The van der Waals surface area contributed by atoms with Gasteiger partial charge in [0, 0.05) is 26.1 Å². The first-order valence-electron chi connectivity index (χ1n) is 6.27. The Balaban J connectivity index is 2.43. The molecular weight excluding hydrogens is 264 g/mol. The summed E-state index contributed by atoms with van der Waals surface area (Å²) in [5.74, 6) is -1.48. The number of aryl methyl sites for hydroxylation is 2. The molecule has 8 nitrogen and oxygen atoms in total. The molecule has 1 aromatic heterocycles. The Morgan fingerprint density at radius 2 is 2.05 bits per heavy atom. The quantitative estimate of drug-likeness (QED) is 0.717. The number of anilines is 1. The number of carbonyl (C=O) groups is 3. The van der Waals surface area contributed by atoms with E-state index in [1.165, 1.54) is 0 Å². The van der Waals surface area contributed by atoms with Gasteiger partial charge in [0.15, 0.2) is 0 Å². The minimum absolute atomic E-state index is 0.00655. The van der Waals surface area contributed by atoms with Gasteiger partial charge in [-0.05, 0) is 12.8 Å². The highest BCUT2D eigenvalue weighted by Crippen LogP contribution is 2.13. The van der Waals surface area contributed by atoms with Crippen LogP contribution < -0.4 is 10.6 Å². The van der Waals surface area contributed by atoms with Crippen LogP contribution in [-0.4, -0.2) is 32.8 Å². The normalized spacial score (nSPS) is 10.1. The van der Waals surface area contributed by atoms with E-state index < -0.39 is 17.9 Å². The van der Waals surface area contributed by atoms with E-state index >= 15 is 0 Å². The first kappa shape index (κ1) is 15.7. The monoisotopic (exact) mass is 282 g/mol. The molecule has 0 bridgehead atoms. The van der Waals surface area contributed by atoms with E-state index in [0.717, 1.165) is 5.69 Å². The number of nitrogens with zero attached hydrogens (tertiary/aromatic N) is 2. The van der Waals surface area contributed by atoms with Gasteiger partial charge in [-0.2, -0.15) is 5.10 Å². The van der Waals surface area contributed by atoms with Crippen LogP contribution >= 0.6 is 0 Å². The topological polar surface area (TPSA) is 113 Å². The van der Waals surface area contributed by atoms with E-state index in [9.17, 15) is 14.4 Å². The molecular formula is C12H18N4O4. The van der Waals surface area contributed by atoms with Crippen molar-refractivity contribution >= 4 is 23.6 Å². The molecule has 0 fully saturated rings. The van der Waals surface area contributed by atoms with Crippen molar-refractivity contribution < 1.29 is 19.5 Å². The second-order valence-electron chi connectivity index (χ2n) is 4.27. The molecule has 1 rings (SSSR count). The zero-order valence-corrected chi connectivity index (χ0v) is 11.5. The smallest absolute Gasteiger partial charge is 0.325 e. The van der Waals surface area contributed by atoms with Gasteiger partial charge in [-0.1, -0.05) is 6.92 Å². The summed E-state index contributed by atoms with van der Waals surface area (Å²) in [5, 5.41) is 17.3. The number of carbonyl (C=O) groups excluding carboxylic acids is 2. The third-order valence-electron chi connectivity index (χ3n) is 2.54. The average molecular weight is 282 g/mol. The summed E-state index contributed by atoms with van der Waals surface area (Å²) in [4.78, 5) is 33.3. The van der Waals surface area contributed by atoms with E-state index in [-0.39, 0.29) is 19.3 Å². The second kappa shape index (κ2) is 7.27. The fourth-order valence-electron chi connectivity index (χ4n) is 1.64. The van der Waals surface area contributed by atoms with Crippen LogP contribution in [0.1, 0.15) is 31.9 Å². The predicted molar refractivity (Wildman–Crippen MR) is 71.2 cm³/mol. The number of hydrogen-bond donors (Lipinski definition) is 3. The zero-order chi connectivity index (χ0) is 15.1. The molecule has 0 saturated carbocycles. The fraction of sp³-hybridized carbons (Fsp3) is 0.500. The molecule has 0 aliphatic carbocycles. The minimum atomic E-state index is -0.967. The Morgan fingerprint density at radius 1 is 1.35 bits per heavy atom. The van der Waals surface area contributed by atoms with Gasteiger partial charge in [0.25, 0.3) is 0 Å². The van der Waals surface area contributed by atoms with Crippen LogP contribution in [0, 0.1) is 0 Å². The molecule has 3 N–H and O–H groups in total. The molecule has 110 valence electrons. The van der Waals surface area contributed by atoms with Gasteiger partial charge in [-0.15, -0.1) is 0 Å². The van der Waals surface area contributed by atoms with Gasteiger partial charge in [0.05, 0.1) is 11.4 Å². The van der Waals surface area contributed by atoms with Gasteiger partial charge < -0.3 is 10.4 Å². The van der Waals surface area contributed by atoms with Crippen LogP contribution in [0.4, 0.5) is 10.5 Å². The fourth-order valence-corrected chi connectivity index (χ4v) is 1.64. The van der Waals surface area contributed by atoms with Gasteiger partial charge >= 0.3 is 12.0 Å². The summed E-state index contributed by atoms with van der Waals surface area (Å²) in [7, 11) is 1.74. The van der Waals surface area contributed by atoms with Crippen molar-refractivity contribution in [2.24, 2.45) is 7.05 Å². The van der Waals surface area contributed by atoms with Gasteiger partial charge in [0.2, 0.25) is 5.91 Å². The molecule has 0 radical (unpaired) electrons. The van der Waals surface area contributed by atoms with Gasteiger partial charge in [-0.25, -0.2) is 4.79 Å². The number of rotatable bonds is 6. The van der Waals surface area contributed by atoms with Crippen LogP contribution in [-0.2, 0) is 23.1 Å². The van der Waals surface area contributed by atoms with Crippen molar-refractivity contribution in [2.75, 3.05) is 5.32 Å². The summed E-state index contributed by atoms with van der Waals surface area (Å²) in [5.41, 5.74) is 1.27. The number of aromatic nitrogens is 2. The molecule has 1 heterocycles. The van der Waals surface area contributed by atoms with Gasteiger partial charge in [-0.3, -0.25) is 19.6 Å². The largest absolute Gasteiger partial charge is 0.481 e. The maximum Gasteiger partial charge on any atom is 0.325 e. The number of carboxylic acids is 1. The van der Waals surface area contributed by atoms with E-state index in [0.29, 0.717) is 12.1 Å². The van der Waals surface area contributed by atoms with Crippen molar-refractivity contribution in [3.63, 3.8) is 0 Å². The van der Waals surface area contributed by atoms with E-state index in [2.05, 4.69) is 15.7 Å². The molecule has 3 amide bonds. The molecule has 0 aliphatic heterocycles. The maximum absolute atomic E-state index is 11.6. The number of nitrogens with one attached hydrogen (secondary N) is 2. The lowest BCUT2D eigenvalue weighted by molar-refractivity contribution is -0.137. The van der Waals surface area contributed by atoms with E-state index in [1.54, 1.807) is 17.9 Å². The Morgan fingerprint density at radius 3 is 2.65 bits per heavy atom. The first-order valence-corrected chi connectivity index (χ1v) is 6.27. The van der Waals surface area contributed by atoms with Crippen LogP contribution in [0.25, 0.3) is 0 Å². The van der Waals surface area contributed by atoms with Crippen LogP contribution in [0.3, 0.4) is 0 Å². The SMILES string of the molecule is CCc1nn(C)cc1NC(=O)NC(=O)CCCC(=O)O. The third kappa shape index (κ3) is 5.09. The Kier molecular flexibility index (Phi) is 5.70. The summed E-state index contributed by atoms with van der Waals surface area (Å²) >= 11 is 0. The molecule has 1 aromatic rings. The highest BCUT2D eigenvalue weighted by atomic mass is 16.4. The van der Waals surface area contributed by atoms with Crippen molar-refractivity contribution in [3.05, 3.63) is 11.9 Å². The lowest BCUT2D eigenvalue weighted by Gasteiger charge is -2.05. The molecule has 0 spiro atoms. The number of carboxylic acid groups (broad SMARTS) is 1. The zero-order valence-electron chi connectivity index (χ0n) is 11.5. The van der Waals surface area contributed by atoms with Crippen LogP contribution in [0.15, 0.2) is 6.20 Å². The van der Waals surface area contributed by atoms with Crippen molar-refractivity contribution in [1.82, 2.24) is 15.1 Å². The highest BCUT2D eigenvalue weighted by Gasteiger charge is 2.12. The summed E-state index contributed by atoms with van der Waals surface area (Å²) in [6, 6.07) is -0.645. The van der Waals surface area contributed by atoms with Crippen LogP contribution in [0.2, 0.25) is 0 Å². The Labute approximate surface area is 116 Å².